The van der Waals surface area contributed by atoms with Gasteiger partial charge in [-0.15, -0.1) is 37.7 Å². The predicted octanol–water partition coefficient (Wildman–Crippen LogP) is 10.2. The zero-order valence-corrected chi connectivity index (χ0v) is 26.2. The van der Waals surface area contributed by atoms with Crippen LogP contribution < -0.4 is 0 Å². The van der Waals surface area contributed by atoms with E-state index in [0.717, 1.165) is 12.8 Å². The molecule has 0 unspecified atom stereocenters. The first-order valence-corrected chi connectivity index (χ1v) is 12.7. The maximum absolute atomic E-state index is 3.58. The van der Waals surface area contributed by atoms with E-state index in [1.165, 1.54) is 75.4 Å². The van der Waals surface area contributed by atoms with Gasteiger partial charge in [-0.05, 0) is 47.3 Å². The summed E-state index contributed by atoms with van der Waals surface area (Å²) in [5.41, 5.74) is 4.61. The van der Waals surface area contributed by atoms with Crippen molar-refractivity contribution in [1.29, 1.82) is 0 Å². The third-order valence-electron chi connectivity index (χ3n) is 8.71. The fourth-order valence-electron chi connectivity index (χ4n) is 6.62. The van der Waals surface area contributed by atoms with Crippen LogP contribution in [0, 0.1) is 33.8 Å². The maximum Gasteiger partial charge on any atom is 2.00 e. The van der Waals surface area contributed by atoms with E-state index >= 15 is 0 Å². The molecular formula is C30H48Cl2Zr. The van der Waals surface area contributed by atoms with Gasteiger partial charge in [-0.3, -0.25) is 12.2 Å². The summed E-state index contributed by atoms with van der Waals surface area (Å²) in [6, 6.07) is 0. The van der Waals surface area contributed by atoms with Crippen LogP contribution in [-0.2, 0) is 26.2 Å². The van der Waals surface area contributed by atoms with Crippen LogP contribution in [0.2, 0.25) is 0 Å². The zero-order valence-electron chi connectivity index (χ0n) is 22.1. The Balaban J connectivity index is 0.000000569. The van der Waals surface area contributed by atoms with Gasteiger partial charge in [0.2, 0.25) is 0 Å². The molecule has 0 amide bonds. The van der Waals surface area contributed by atoms with E-state index in [9.17, 15) is 0 Å². The Morgan fingerprint density at radius 2 is 0.879 bits per heavy atom. The van der Waals surface area contributed by atoms with Crippen molar-refractivity contribution < 1.29 is 26.2 Å². The number of rotatable bonds is 2. The van der Waals surface area contributed by atoms with Crippen LogP contribution in [0.25, 0.3) is 0 Å². The standard InChI is InChI=1S/2C15H23.2ClH.Zr/c2*1-14(2,3)15(11-7-4-8-12-15)13-9-5-6-10-13;;;/h2*5,9H,4,6-8,11-12H2,1-3H3;2*1H;/q2*-1;;;+2. The molecule has 4 aliphatic carbocycles. The Morgan fingerprint density at radius 1 is 0.576 bits per heavy atom. The van der Waals surface area contributed by atoms with Gasteiger partial charge < -0.3 is 0 Å². The van der Waals surface area contributed by atoms with Crippen LogP contribution in [-0.4, -0.2) is 0 Å². The second-order valence-corrected chi connectivity index (χ2v) is 12.2. The molecule has 0 spiro atoms. The van der Waals surface area contributed by atoms with Crippen molar-refractivity contribution in [2.45, 2.75) is 119 Å². The van der Waals surface area contributed by atoms with Gasteiger partial charge in [0.25, 0.3) is 0 Å². The van der Waals surface area contributed by atoms with Crippen LogP contribution in [0.1, 0.15) is 119 Å². The first-order chi connectivity index (χ1) is 14.1. The Morgan fingerprint density at radius 3 is 1.09 bits per heavy atom. The molecule has 3 heteroatoms. The van der Waals surface area contributed by atoms with Gasteiger partial charge in [-0.1, -0.05) is 80.1 Å². The summed E-state index contributed by atoms with van der Waals surface area (Å²) in [6.07, 6.45) is 32.3. The third kappa shape index (κ3) is 7.23. The molecule has 0 saturated heterocycles. The largest absolute Gasteiger partial charge is 2.00 e. The van der Waals surface area contributed by atoms with Crippen molar-refractivity contribution in [3.63, 3.8) is 0 Å². The minimum Gasteiger partial charge on any atom is -0.269 e. The first-order valence-electron chi connectivity index (χ1n) is 12.7. The average Bonchev–Trinajstić information content (AvgIpc) is 3.42. The van der Waals surface area contributed by atoms with E-state index in [4.69, 9.17) is 0 Å². The quantitative estimate of drug-likeness (QED) is 0.290. The number of allylic oxidation sites excluding steroid dienone is 8. The van der Waals surface area contributed by atoms with E-state index in [0.29, 0.717) is 21.7 Å². The normalized spacial score (nSPS) is 23.1. The summed E-state index contributed by atoms with van der Waals surface area (Å²) in [5, 5.41) is 0. The van der Waals surface area contributed by atoms with Crippen molar-refractivity contribution in [2.75, 3.05) is 0 Å². The van der Waals surface area contributed by atoms with E-state index in [-0.39, 0.29) is 51.0 Å². The molecule has 0 aromatic heterocycles. The first kappa shape index (κ1) is 33.4. The Bertz CT molecular complexity index is 639. The topological polar surface area (TPSA) is 0 Å². The van der Waals surface area contributed by atoms with E-state index in [1.807, 2.05) is 0 Å². The second-order valence-electron chi connectivity index (χ2n) is 12.2. The maximum atomic E-state index is 3.58. The molecule has 4 rings (SSSR count). The van der Waals surface area contributed by atoms with Gasteiger partial charge in [0.1, 0.15) is 0 Å². The average molecular weight is 571 g/mol. The van der Waals surface area contributed by atoms with Crippen molar-refractivity contribution in [1.82, 2.24) is 0 Å². The van der Waals surface area contributed by atoms with Crippen LogP contribution in [0.15, 0.2) is 35.5 Å². The molecule has 0 N–H and O–H groups in total. The molecule has 2 fully saturated rings. The summed E-state index contributed by atoms with van der Waals surface area (Å²) in [4.78, 5) is 0. The minimum atomic E-state index is 0. The molecule has 0 atom stereocenters. The Labute approximate surface area is 237 Å². The van der Waals surface area contributed by atoms with Crippen molar-refractivity contribution >= 4 is 24.8 Å². The number of hydrogen-bond acceptors (Lipinski definition) is 0. The fourth-order valence-corrected chi connectivity index (χ4v) is 6.62. The smallest absolute Gasteiger partial charge is 0.269 e. The molecular weight excluding hydrogens is 522 g/mol. The molecule has 0 aromatic carbocycles. The van der Waals surface area contributed by atoms with Crippen molar-refractivity contribution in [2.24, 2.45) is 21.7 Å². The summed E-state index contributed by atoms with van der Waals surface area (Å²) in [7, 11) is 0. The van der Waals surface area contributed by atoms with E-state index in [1.54, 1.807) is 0 Å². The molecule has 4 aliphatic rings. The summed E-state index contributed by atoms with van der Waals surface area (Å²) < 4.78 is 0. The van der Waals surface area contributed by atoms with Crippen molar-refractivity contribution in [3.05, 3.63) is 47.6 Å². The molecule has 0 aromatic rings. The number of halogens is 2. The Kier molecular flexibility index (Phi) is 13.8. The minimum absolute atomic E-state index is 0. The fraction of sp³-hybridized carbons (Fsp3) is 0.733. The molecule has 0 bridgehead atoms. The summed E-state index contributed by atoms with van der Waals surface area (Å²) in [6.45, 7) is 14.4. The van der Waals surface area contributed by atoms with Crippen LogP contribution in [0.5, 0.6) is 0 Å². The molecule has 0 aliphatic heterocycles. The van der Waals surface area contributed by atoms with Gasteiger partial charge in [-0.2, -0.15) is 12.2 Å². The van der Waals surface area contributed by atoms with Gasteiger partial charge in [0, 0.05) is 0 Å². The molecule has 2 saturated carbocycles. The van der Waals surface area contributed by atoms with Crippen LogP contribution in [0.4, 0.5) is 0 Å². The summed E-state index contributed by atoms with van der Waals surface area (Å²) in [5.74, 6) is 0. The molecule has 186 valence electrons. The number of hydrogen-bond donors (Lipinski definition) is 0. The summed E-state index contributed by atoms with van der Waals surface area (Å²) >= 11 is 0. The van der Waals surface area contributed by atoms with Crippen LogP contribution >= 0.6 is 24.8 Å². The van der Waals surface area contributed by atoms with Gasteiger partial charge in [-0.25, -0.2) is 23.3 Å². The third-order valence-corrected chi connectivity index (χ3v) is 8.71. The second kappa shape index (κ2) is 13.7. The Hall–Kier alpha value is 0.423. The monoisotopic (exact) mass is 568 g/mol. The van der Waals surface area contributed by atoms with E-state index in [2.05, 4.69) is 78.0 Å². The van der Waals surface area contributed by atoms with Crippen molar-refractivity contribution in [3.8, 4) is 0 Å². The molecule has 0 nitrogen and oxygen atoms in total. The SMILES string of the molecule is CC(C)(C)C1(C2=[C-]CC=C2)CCCCC1.CC(C)(C)C1(C2=[C-]CC=C2)CCCCC1.Cl.Cl.[Zr+2]. The predicted molar refractivity (Wildman–Crippen MR) is 145 cm³/mol. The van der Waals surface area contributed by atoms with Gasteiger partial charge >= 0.3 is 26.2 Å². The zero-order chi connectivity index (χ0) is 21.9. The molecule has 0 heterocycles. The van der Waals surface area contributed by atoms with E-state index < -0.39 is 0 Å². The molecule has 0 radical (unpaired) electrons. The van der Waals surface area contributed by atoms with Gasteiger partial charge in [0.05, 0.1) is 0 Å². The van der Waals surface area contributed by atoms with Crippen LogP contribution in [0.3, 0.4) is 0 Å². The van der Waals surface area contributed by atoms with Gasteiger partial charge in [0.15, 0.2) is 0 Å². The molecule has 33 heavy (non-hydrogen) atoms.